The molecule has 0 saturated carbocycles. The molecule has 2 N–H and O–H groups in total. The predicted octanol–water partition coefficient (Wildman–Crippen LogP) is 3.12. The van der Waals surface area contributed by atoms with Gasteiger partial charge in [-0.15, -0.1) is 0 Å². The van der Waals surface area contributed by atoms with E-state index in [1.165, 1.54) is 30.9 Å². The number of aliphatic imine (C=N–C) groups is 1. The fraction of sp³-hybridized carbons (Fsp3) is 0.455. The summed E-state index contributed by atoms with van der Waals surface area (Å²) in [7, 11) is 3.40. The summed E-state index contributed by atoms with van der Waals surface area (Å²) < 4.78 is 19.1. The summed E-state index contributed by atoms with van der Waals surface area (Å²) in [4.78, 5) is 10.9. The highest BCUT2D eigenvalue weighted by atomic mass is 19.1. The fourth-order valence-corrected chi connectivity index (χ4v) is 3.64. The van der Waals surface area contributed by atoms with Crippen LogP contribution in [-0.4, -0.2) is 49.6 Å². The maximum atomic E-state index is 13.8. The van der Waals surface area contributed by atoms with E-state index in [0.717, 1.165) is 18.8 Å². The molecule has 1 aromatic heterocycles. The molecule has 7 heteroatoms. The summed E-state index contributed by atoms with van der Waals surface area (Å²) in [6, 6.07) is 11.5. The number of likely N-dealkylation sites (tertiary alicyclic amines) is 1. The van der Waals surface area contributed by atoms with Crippen molar-refractivity contribution < 1.29 is 9.13 Å². The molecule has 156 valence electrons. The van der Waals surface area contributed by atoms with Gasteiger partial charge in [-0.05, 0) is 55.8 Å². The van der Waals surface area contributed by atoms with Crippen molar-refractivity contribution in [2.45, 2.75) is 31.8 Å². The Morgan fingerprint density at radius 2 is 1.93 bits per heavy atom. The average molecular weight is 400 g/mol. The van der Waals surface area contributed by atoms with E-state index in [9.17, 15) is 4.39 Å². The molecular formula is C22H30FN5O. The molecule has 1 aliphatic heterocycles. The zero-order valence-electron chi connectivity index (χ0n) is 17.2. The number of methoxy groups -OCH3 is 1. The molecule has 2 aromatic rings. The van der Waals surface area contributed by atoms with Crippen molar-refractivity contribution in [1.82, 2.24) is 20.5 Å². The number of piperidine rings is 1. The number of halogens is 1. The summed E-state index contributed by atoms with van der Waals surface area (Å²) in [5.74, 6) is 1.17. The second kappa shape index (κ2) is 10.8. The van der Waals surface area contributed by atoms with Crippen LogP contribution in [0.2, 0.25) is 0 Å². The van der Waals surface area contributed by atoms with Crippen molar-refractivity contribution in [3.8, 4) is 5.75 Å². The first-order chi connectivity index (χ1) is 14.2. The second-order valence-electron chi connectivity index (χ2n) is 7.12. The molecule has 1 unspecified atom stereocenters. The molecule has 1 saturated heterocycles. The lowest BCUT2D eigenvalue weighted by Gasteiger charge is -2.35. The van der Waals surface area contributed by atoms with Crippen molar-refractivity contribution in [3.05, 3.63) is 59.7 Å². The Balaban J connectivity index is 1.65. The molecule has 1 aromatic carbocycles. The van der Waals surface area contributed by atoms with Gasteiger partial charge in [-0.25, -0.2) is 4.39 Å². The van der Waals surface area contributed by atoms with Crippen LogP contribution in [0.5, 0.6) is 5.75 Å². The lowest BCUT2D eigenvalue weighted by Crippen LogP contribution is -2.44. The monoisotopic (exact) mass is 399 g/mol. The molecule has 1 atom stereocenters. The van der Waals surface area contributed by atoms with Gasteiger partial charge in [0.25, 0.3) is 0 Å². The fourth-order valence-electron chi connectivity index (χ4n) is 3.64. The smallest absolute Gasteiger partial charge is 0.191 e. The minimum atomic E-state index is -0.320. The van der Waals surface area contributed by atoms with Crippen LogP contribution in [-0.2, 0) is 6.54 Å². The van der Waals surface area contributed by atoms with Gasteiger partial charge in [0.1, 0.15) is 11.6 Å². The number of guanidine groups is 1. The van der Waals surface area contributed by atoms with Crippen LogP contribution in [0, 0.1) is 5.82 Å². The van der Waals surface area contributed by atoms with Crippen LogP contribution in [0.25, 0.3) is 0 Å². The molecular weight excluding hydrogens is 369 g/mol. The molecule has 1 aliphatic rings. The Bertz CT molecular complexity index is 790. The van der Waals surface area contributed by atoms with Gasteiger partial charge in [-0.3, -0.25) is 14.9 Å². The standard InChI is InChI=1S/C22H30FN5O/c1-24-22(26-15-20-19(23)7-6-12-25-20)27-16-21(28-13-4-3-5-14-28)17-8-10-18(29-2)11-9-17/h6-12,21H,3-5,13-16H2,1-2H3,(H2,24,26,27). The summed E-state index contributed by atoms with van der Waals surface area (Å²) in [6.45, 7) is 3.16. The molecule has 2 heterocycles. The Morgan fingerprint density at radius 1 is 1.17 bits per heavy atom. The van der Waals surface area contributed by atoms with Gasteiger partial charge in [0, 0.05) is 19.8 Å². The van der Waals surface area contributed by atoms with Crippen LogP contribution in [0.3, 0.4) is 0 Å². The summed E-state index contributed by atoms with van der Waals surface area (Å²) in [5, 5.41) is 6.55. The van der Waals surface area contributed by atoms with Crippen LogP contribution in [0.15, 0.2) is 47.6 Å². The van der Waals surface area contributed by atoms with E-state index < -0.39 is 0 Å². The van der Waals surface area contributed by atoms with E-state index in [4.69, 9.17) is 4.74 Å². The molecule has 0 radical (unpaired) electrons. The normalized spacial score (nSPS) is 16.3. The lowest BCUT2D eigenvalue weighted by molar-refractivity contribution is 0.164. The molecule has 29 heavy (non-hydrogen) atoms. The van der Waals surface area contributed by atoms with Crippen molar-refractivity contribution in [2.24, 2.45) is 4.99 Å². The zero-order valence-corrected chi connectivity index (χ0v) is 17.2. The minimum Gasteiger partial charge on any atom is -0.497 e. The molecule has 6 nitrogen and oxygen atoms in total. The Hall–Kier alpha value is -2.67. The molecule has 0 spiro atoms. The quantitative estimate of drug-likeness (QED) is 0.553. The van der Waals surface area contributed by atoms with Crippen LogP contribution >= 0.6 is 0 Å². The molecule has 1 fully saturated rings. The Morgan fingerprint density at radius 3 is 2.59 bits per heavy atom. The third kappa shape index (κ3) is 5.90. The first-order valence-electron chi connectivity index (χ1n) is 10.1. The van der Waals surface area contributed by atoms with E-state index in [1.807, 2.05) is 12.1 Å². The van der Waals surface area contributed by atoms with Crippen LogP contribution in [0.1, 0.15) is 36.6 Å². The number of benzene rings is 1. The van der Waals surface area contributed by atoms with Gasteiger partial charge in [0.05, 0.1) is 25.4 Å². The Labute approximate surface area is 172 Å². The highest BCUT2D eigenvalue weighted by Gasteiger charge is 2.22. The van der Waals surface area contributed by atoms with E-state index in [1.54, 1.807) is 26.4 Å². The van der Waals surface area contributed by atoms with Gasteiger partial charge in [0.2, 0.25) is 0 Å². The van der Waals surface area contributed by atoms with Crippen molar-refractivity contribution in [3.63, 3.8) is 0 Å². The number of nitrogens with one attached hydrogen (secondary N) is 2. The third-order valence-corrected chi connectivity index (χ3v) is 5.28. The number of ether oxygens (including phenoxy) is 1. The molecule has 3 rings (SSSR count). The van der Waals surface area contributed by atoms with Gasteiger partial charge in [-0.2, -0.15) is 0 Å². The van der Waals surface area contributed by atoms with Crippen LogP contribution in [0.4, 0.5) is 4.39 Å². The maximum absolute atomic E-state index is 13.8. The lowest BCUT2D eigenvalue weighted by atomic mass is 10.0. The van der Waals surface area contributed by atoms with Crippen molar-refractivity contribution >= 4 is 5.96 Å². The average Bonchev–Trinajstić information content (AvgIpc) is 2.78. The second-order valence-corrected chi connectivity index (χ2v) is 7.12. The SMILES string of the molecule is CN=C(NCc1ncccc1F)NCC(c1ccc(OC)cc1)N1CCCCC1. The number of rotatable bonds is 7. The van der Waals surface area contributed by atoms with E-state index >= 15 is 0 Å². The number of pyridine rings is 1. The first-order valence-corrected chi connectivity index (χ1v) is 10.1. The van der Waals surface area contributed by atoms with Crippen LogP contribution < -0.4 is 15.4 Å². The number of hydrogen-bond donors (Lipinski definition) is 2. The Kier molecular flexibility index (Phi) is 7.81. The van der Waals surface area contributed by atoms with Gasteiger partial charge in [0.15, 0.2) is 5.96 Å². The van der Waals surface area contributed by atoms with E-state index in [0.29, 0.717) is 18.2 Å². The van der Waals surface area contributed by atoms with Crippen molar-refractivity contribution in [2.75, 3.05) is 33.8 Å². The number of nitrogens with zero attached hydrogens (tertiary/aromatic N) is 3. The number of hydrogen-bond acceptors (Lipinski definition) is 4. The summed E-state index contributed by atoms with van der Waals surface area (Å²) in [6.07, 6.45) is 5.32. The highest BCUT2D eigenvalue weighted by Crippen LogP contribution is 2.25. The maximum Gasteiger partial charge on any atom is 0.191 e. The molecule has 0 aliphatic carbocycles. The topological polar surface area (TPSA) is 61.8 Å². The zero-order chi connectivity index (χ0) is 20.5. The van der Waals surface area contributed by atoms with E-state index in [-0.39, 0.29) is 18.4 Å². The van der Waals surface area contributed by atoms with Crippen molar-refractivity contribution in [1.29, 1.82) is 0 Å². The van der Waals surface area contributed by atoms with Gasteiger partial charge < -0.3 is 15.4 Å². The highest BCUT2D eigenvalue weighted by molar-refractivity contribution is 5.79. The van der Waals surface area contributed by atoms with Gasteiger partial charge >= 0.3 is 0 Å². The largest absolute Gasteiger partial charge is 0.497 e. The van der Waals surface area contributed by atoms with Gasteiger partial charge in [-0.1, -0.05) is 18.6 Å². The molecule has 0 bridgehead atoms. The third-order valence-electron chi connectivity index (χ3n) is 5.28. The first kappa shape index (κ1) is 21.0. The predicted molar refractivity (Wildman–Crippen MR) is 114 cm³/mol. The summed E-state index contributed by atoms with van der Waals surface area (Å²) >= 11 is 0. The summed E-state index contributed by atoms with van der Waals surface area (Å²) in [5.41, 5.74) is 1.62. The van der Waals surface area contributed by atoms with E-state index in [2.05, 4.69) is 37.6 Å². The minimum absolute atomic E-state index is 0.228. The number of aromatic nitrogens is 1. The molecule has 0 amide bonds.